The van der Waals surface area contributed by atoms with Crippen LogP contribution >= 0.6 is 0 Å². The van der Waals surface area contributed by atoms with Crippen molar-refractivity contribution in [3.05, 3.63) is 30.0 Å². The molecule has 1 aliphatic carbocycles. The first-order valence-electron chi connectivity index (χ1n) is 9.32. The Balaban J connectivity index is 1.46. The van der Waals surface area contributed by atoms with Crippen molar-refractivity contribution in [2.75, 3.05) is 18.4 Å². The molecule has 132 valence electrons. The maximum absolute atomic E-state index is 12.4. The lowest BCUT2D eigenvalue weighted by atomic mass is 10.0. The number of fused-ring (bicyclic) bond motifs is 1. The highest BCUT2D eigenvalue weighted by molar-refractivity contribution is 5.98. The highest BCUT2D eigenvalue weighted by Gasteiger charge is 2.23. The lowest BCUT2D eigenvalue weighted by molar-refractivity contribution is -0.117. The van der Waals surface area contributed by atoms with Crippen molar-refractivity contribution in [2.45, 2.75) is 44.9 Å². The summed E-state index contributed by atoms with van der Waals surface area (Å²) in [5, 5.41) is 3.83. The van der Waals surface area contributed by atoms with E-state index in [0.29, 0.717) is 23.7 Å². The molecule has 4 rings (SSSR count). The van der Waals surface area contributed by atoms with Crippen LogP contribution in [0.25, 0.3) is 11.0 Å². The molecular weight excluding hydrogens is 316 g/mol. The van der Waals surface area contributed by atoms with E-state index < -0.39 is 0 Å². The van der Waals surface area contributed by atoms with Gasteiger partial charge in [0.1, 0.15) is 5.58 Å². The highest BCUT2D eigenvalue weighted by Crippen LogP contribution is 2.29. The summed E-state index contributed by atoms with van der Waals surface area (Å²) in [5.41, 5.74) is 1.44. The molecule has 1 N–H and O–H groups in total. The zero-order chi connectivity index (χ0) is 17.2. The molecule has 5 heteroatoms. The number of hydrogen-bond donors (Lipinski definition) is 1. The van der Waals surface area contributed by atoms with E-state index >= 15 is 0 Å². The minimum Gasteiger partial charge on any atom is -0.451 e. The lowest BCUT2D eigenvalue weighted by Crippen LogP contribution is -2.27. The molecule has 2 aromatic rings. The predicted molar refractivity (Wildman–Crippen MR) is 96.6 cm³/mol. The van der Waals surface area contributed by atoms with Crippen molar-refractivity contribution in [3.63, 3.8) is 0 Å². The largest absolute Gasteiger partial charge is 0.451 e. The van der Waals surface area contributed by atoms with Gasteiger partial charge < -0.3 is 14.6 Å². The molecule has 0 unspecified atom stereocenters. The topological polar surface area (TPSA) is 62.6 Å². The summed E-state index contributed by atoms with van der Waals surface area (Å²) in [5.74, 6) is 0.942. The van der Waals surface area contributed by atoms with Crippen molar-refractivity contribution in [1.29, 1.82) is 0 Å². The summed E-state index contributed by atoms with van der Waals surface area (Å²) in [6.07, 6.45) is 7.53. The fourth-order valence-corrected chi connectivity index (χ4v) is 3.99. The lowest BCUT2D eigenvalue weighted by Gasteiger charge is -2.12. The van der Waals surface area contributed by atoms with Crippen LogP contribution in [0.2, 0.25) is 0 Å². The van der Waals surface area contributed by atoms with Crippen LogP contribution in [0.15, 0.2) is 28.7 Å². The Labute approximate surface area is 147 Å². The van der Waals surface area contributed by atoms with Gasteiger partial charge in [-0.15, -0.1) is 0 Å². The second-order valence-corrected chi connectivity index (χ2v) is 7.27. The first-order chi connectivity index (χ1) is 12.2. The molecule has 0 bridgehead atoms. The van der Waals surface area contributed by atoms with E-state index in [1.165, 1.54) is 12.8 Å². The molecule has 2 heterocycles. The van der Waals surface area contributed by atoms with Crippen LogP contribution in [0.1, 0.15) is 55.5 Å². The van der Waals surface area contributed by atoms with Gasteiger partial charge in [0.15, 0.2) is 5.76 Å². The molecule has 1 aromatic carbocycles. The van der Waals surface area contributed by atoms with Crippen LogP contribution in [-0.4, -0.2) is 29.8 Å². The molecule has 2 fully saturated rings. The first kappa shape index (κ1) is 16.2. The summed E-state index contributed by atoms with van der Waals surface area (Å²) < 4.78 is 5.71. The first-order valence-corrected chi connectivity index (χ1v) is 9.32. The monoisotopic (exact) mass is 340 g/mol. The molecule has 1 aliphatic heterocycles. The summed E-state index contributed by atoms with van der Waals surface area (Å²) >= 11 is 0. The third-order valence-electron chi connectivity index (χ3n) is 5.35. The summed E-state index contributed by atoms with van der Waals surface area (Å²) in [4.78, 5) is 26.5. The van der Waals surface area contributed by atoms with Crippen LogP contribution in [-0.2, 0) is 4.79 Å². The van der Waals surface area contributed by atoms with Crippen LogP contribution in [0.3, 0.4) is 0 Å². The molecular formula is C20H24N2O3. The van der Waals surface area contributed by atoms with Gasteiger partial charge in [-0.25, -0.2) is 0 Å². The summed E-state index contributed by atoms with van der Waals surface area (Å²) in [6.45, 7) is 1.61. The van der Waals surface area contributed by atoms with Crippen LogP contribution in [0.5, 0.6) is 0 Å². The summed E-state index contributed by atoms with van der Waals surface area (Å²) in [6, 6.07) is 7.32. The normalized spacial score (nSPS) is 18.2. The van der Waals surface area contributed by atoms with E-state index in [1.807, 2.05) is 23.1 Å². The van der Waals surface area contributed by atoms with E-state index in [4.69, 9.17) is 4.42 Å². The fourth-order valence-electron chi connectivity index (χ4n) is 3.99. The number of benzene rings is 1. The van der Waals surface area contributed by atoms with Gasteiger partial charge in [-0.05, 0) is 55.9 Å². The zero-order valence-corrected chi connectivity index (χ0v) is 14.4. The van der Waals surface area contributed by atoms with Crippen LogP contribution < -0.4 is 5.32 Å². The van der Waals surface area contributed by atoms with Crippen LogP contribution in [0.4, 0.5) is 5.69 Å². The van der Waals surface area contributed by atoms with Gasteiger partial charge in [-0.3, -0.25) is 9.59 Å². The third kappa shape index (κ3) is 3.55. The second-order valence-electron chi connectivity index (χ2n) is 7.27. The fraction of sp³-hybridized carbons (Fsp3) is 0.500. The number of nitrogens with one attached hydrogen (secondary N) is 1. The Hall–Kier alpha value is -2.30. The molecule has 1 aromatic heterocycles. The van der Waals surface area contributed by atoms with E-state index in [2.05, 4.69) is 5.32 Å². The van der Waals surface area contributed by atoms with Crippen LogP contribution in [0, 0.1) is 5.92 Å². The molecule has 1 saturated heterocycles. The highest BCUT2D eigenvalue weighted by atomic mass is 16.3. The molecule has 2 amide bonds. The van der Waals surface area contributed by atoms with Gasteiger partial charge >= 0.3 is 0 Å². The van der Waals surface area contributed by atoms with Crippen molar-refractivity contribution >= 4 is 28.5 Å². The van der Waals surface area contributed by atoms with Crippen molar-refractivity contribution in [1.82, 2.24) is 4.90 Å². The van der Waals surface area contributed by atoms with E-state index in [-0.39, 0.29) is 11.8 Å². The minimum atomic E-state index is -0.0412. The number of rotatable bonds is 4. The molecule has 0 spiro atoms. The van der Waals surface area contributed by atoms with E-state index in [9.17, 15) is 9.59 Å². The number of furan rings is 1. The minimum absolute atomic E-state index is 0.0412. The zero-order valence-electron chi connectivity index (χ0n) is 14.4. The van der Waals surface area contributed by atoms with E-state index in [1.54, 1.807) is 6.07 Å². The van der Waals surface area contributed by atoms with Gasteiger partial charge in [0.05, 0.1) is 0 Å². The van der Waals surface area contributed by atoms with Gasteiger partial charge in [-0.2, -0.15) is 0 Å². The Morgan fingerprint density at radius 1 is 1.08 bits per heavy atom. The number of amides is 2. The Morgan fingerprint density at radius 3 is 2.60 bits per heavy atom. The van der Waals surface area contributed by atoms with Crippen molar-refractivity contribution in [2.24, 2.45) is 5.92 Å². The molecule has 0 atom stereocenters. The Bertz CT molecular complexity index is 783. The number of carbonyl (C=O) groups excluding carboxylic acids is 2. The Kier molecular flexibility index (Phi) is 4.47. The van der Waals surface area contributed by atoms with Gasteiger partial charge in [0, 0.05) is 30.6 Å². The second kappa shape index (κ2) is 6.90. The van der Waals surface area contributed by atoms with Crippen molar-refractivity contribution in [3.8, 4) is 0 Å². The predicted octanol–water partition coefficient (Wildman–Crippen LogP) is 4.19. The average molecular weight is 340 g/mol. The summed E-state index contributed by atoms with van der Waals surface area (Å²) in [7, 11) is 0. The van der Waals surface area contributed by atoms with Gasteiger partial charge in [0.2, 0.25) is 5.91 Å². The molecule has 1 saturated carbocycles. The number of hydrogen-bond acceptors (Lipinski definition) is 3. The number of anilines is 1. The number of nitrogens with zero attached hydrogens (tertiary/aromatic N) is 1. The third-order valence-corrected chi connectivity index (χ3v) is 5.35. The number of likely N-dealkylation sites (tertiary alicyclic amines) is 1. The SMILES string of the molecule is O=C(CC1CCCC1)Nc1ccc2oc(C(=O)N3CCCC3)cc2c1. The molecule has 2 aliphatic rings. The van der Waals surface area contributed by atoms with E-state index in [0.717, 1.165) is 49.8 Å². The number of carbonyl (C=O) groups is 2. The molecule has 25 heavy (non-hydrogen) atoms. The molecule has 5 nitrogen and oxygen atoms in total. The Morgan fingerprint density at radius 2 is 1.84 bits per heavy atom. The van der Waals surface area contributed by atoms with Gasteiger partial charge in [-0.1, -0.05) is 12.8 Å². The maximum atomic E-state index is 12.4. The maximum Gasteiger partial charge on any atom is 0.289 e. The van der Waals surface area contributed by atoms with Crippen molar-refractivity contribution < 1.29 is 14.0 Å². The average Bonchev–Trinajstić information content (AvgIpc) is 3.35. The van der Waals surface area contributed by atoms with Gasteiger partial charge in [0.25, 0.3) is 5.91 Å². The quantitative estimate of drug-likeness (QED) is 0.908. The smallest absolute Gasteiger partial charge is 0.289 e. The standard InChI is InChI=1S/C20H24N2O3/c23-19(11-14-5-1-2-6-14)21-16-7-8-17-15(12-16)13-18(25-17)20(24)22-9-3-4-10-22/h7-8,12-14H,1-6,9-11H2,(H,21,23). The molecule has 0 radical (unpaired) electrons.